The molecular formula is C37H47N5O11S. The van der Waals surface area contributed by atoms with Gasteiger partial charge in [0.15, 0.2) is 11.5 Å². The zero-order valence-corrected chi connectivity index (χ0v) is 30.9. The highest BCUT2D eigenvalue weighted by Crippen LogP contribution is 2.46. The molecule has 0 spiro atoms. The minimum atomic E-state index is -3.91. The van der Waals surface area contributed by atoms with Gasteiger partial charge >= 0.3 is 12.2 Å². The van der Waals surface area contributed by atoms with Crippen LogP contribution >= 0.6 is 0 Å². The quantitative estimate of drug-likeness (QED) is 0.360. The molecule has 5 amide bonds. The van der Waals surface area contributed by atoms with Gasteiger partial charge in [-0.3, -0.25) is 24.0 Å². The highest BCUT2D eigenvalue weighted by molar-refractivity contribution is 7.91. The number of rotatable bonds is 6. The zero-order chi connectivity index (χ0) is 37.6. The first-order valence-corrected chi connectivity index (χ1v) is 20.7. The molecule has 4 aliphatic heterocycles. The first kappa shape index (κ1) is 36.4. The summed E-state index contributed by atoms with van der Waals surface area (Å²) >= 11 is 0. The average Bonchev–Trinajstić information content (AvgIpc) is 3.78. The number of benzene rings is 1. The molecule has 1 saturated heterocycles. The van der Waals surface area contributed by atoms with Crippen LogP contribution in [0.2, 0.25) is 0 Å². The van der Waals surface area contributed by atoms with Crippen LogP contribution in [0.5, 0.6) is 11.5 Å². The third-order valence-electron chi connectivity index (χ3n) is 11.7. The van der Waals surface area contributed by atoms with E-state index < -0.39 is 74.8 Å². The van der Waals surface area contributed by atoms with Crippen molar-refractivity contribution in [2.24, 2.45) is 5.92 Å². The lowest BCUT2D eigenvalue weighted by molar-refractivity contribution is -0.141. The van der Waals surface area contributed by atoms with E-state index in [2.05, 4.69) is 15.4 Å². The van der Waals surface area contributed by atoms with E-state index >= 15 is 0 Å². The number of fused-ring (bicyclic) bond motifs is 4. The second kappa shape index (κ2) is 14.6. The van der Waals surface area contributed by atoms with Gasteiger partial charge in [-0.2, -0.15) is 0 Å². The topological polar surface area (TPSA) is 199 Å². The van der Waals surface area contributed by atoms with Crippen LogP contribution in [-0.2, 0) is 47.0 Å². The van der Waals surface area contributed by atoms with Gasteiger partial charge in [-0.25, -0.2) is 18.0 Å². The normalized spacial score (nSPS) is 30.2. The van der Waals surface area contributed by atoms with Crippen molar-refractivity contribution in [3.8, 4) is 11.5 Å². The Balaban J connectivity index is 1.02. The van der Waals surface area contributed by atoms with Crippen LogP contribution < -0.4 is 24.8 Å². The molecule has 0 unspecified atom stereocenters. The lowest BCUT2D eigenvalue weighted by Gasteiger charge is -2.30. The molecule has 3 aliphatic carbocycles. The molecule has 0 aromatic heterocycles. The molecule has 17 heteroatoms. The molecule has 54 heavy (non-hydrogen) atoms. The van der Waals surface area contributed by atoms with Crippen LogP contribution in [0.4, 0.5) is 9.59 Å². The minimum Gasteiger partial charge on any atom is -0.454 e. The number of allylic oxidation sites excluding steroid dienone is 1. The van der Waals surface area contributed by atoms with Gasteiger partial charge in [-0.1, -0.05) is 25.0 Å². The van der Waals surface area contributed by atoms with E-state index in [0.29, 0.717) is 43.6 Å². The first-order valence-electron chi connectivity index (χ1n) is 19.2. The molecule has 3 N–H and O–H groups in total. The van der Waals surface area contributed by atoms with Gasteiger partial charge in [0.05, 0.1) is 11.8 Å². The van der Waals surface area contributed by atoms with E-state index in [1.54, 1.807) is 0 Å². The predicted molar refractivity (Wildman–Crippen MR) is 189 cm³/mol. The van der Waals surface area contributed by atoms with Gasteiger partial charge < -0.3 is 34.5 Å². The molecule has 4 fully saturated rings. The van der Waals surface area contributed by atoms with E-state index in [4.69, 9.17) is 18.9 Å². The number of alkyl carbamates (subject to hydrolysis) is 1. The minimum absolute atomic E-state index is 0.0715. The van der Waals surface area contributed by atoms with E-state index in [0.717, 1.165) is 49.7 Å². The van der Waals surface area contributed by atoms with Crippen LogP contribution in [0.1, 0.15) is 94.6 Å². The zero-order valence-electron chi connectivity index (χ0n) is 30.1. The van der Waals surface area contributed by atoms with Gasteiger partial charge in [-0.15, -0.1) is 0 Å². The Bertz CT molecular complexity index is 1810. The SMILES string of the molecule is O=C(N[C@H]1CCCCC/C=C\[C@@H]2C[C@@]2(C(=O)NS(=O)(=O)C2CC2)NC(=O)[C@@H]2C[C@@H](OC(=O)N3Cc4cc5c(cc4C3)OCO5)CN2C1=O)OC1CCCC1. The Morgan fingerprint density at radius 1 is 0.889 bits per heavy atom. The fraction of sp³-hybridized carbons (Fsp3) is 0.649. The predicted octanol–water partition coefficient (Wildman–Crippen LogP) is 2.88. The number of carbonyl (C=O) groups is 5. The Hall–Kier alpha value is -4.54. The number of hydrogen-bond donors (Lipinski definition) is 3. The van der Waals surface area contributed by atoms with Crippen molar-refractivity contribution >= 4 is 39.9 Å². The average molecular weight is 770 g/mol. The van der Waals surface area contributed by atoms with Crippen molar-refractivity contribution in [1.29, 1.82) is 0 Å². The van der Waals surface area contributed by atoms with Gasteiger partial charge in [0.1, 0.15) is 29.8 Å². The molecule has 1 aromatic rings. The summed E-state index contributed by atoms with van der Waals surface area (Å²) in [5.41, 5.74) is 0.254. The molecule has 4 heterocycles. The van der Waals surface area contributed by atoms with Crippen molar-refractivity contribution in [2.75, 3.05) is 13.3 Å². The maximum atomic E-state index is 14.4. The van der Waals surface area contributed by atoms with E-state index in [1.165, 1.54) is 9.80 Å². The Kier molecular flexibility index (Phi) is 9.85. The Morgan fingerprint density at radius 2 is 1.59 bits per heavy atom. The summed E-state index contributed by atoms with van der Waals surface area (Å²) < 4.78 is 50.3. The summed E-state index contributed by atoms with van der Waals surface area (Å²) in [5.74, 6) is -1.26. The van der Waals surface area contributed by atoms with Crippen LogP contribution in [0.15, 0.2) is 24.3 Å². The van der Waals surface area contributed by atoms with E-state index in [9.17, 15) is 32.4 Å². The second-order valence-electron chi connectivity index (χ2n) is 15.6. The molecule has 7 aliphatic rings. The summed E-state index contributed by atoms with van der Waals surface area (Å²) in [6.45, 7) is 0.551. The highest BCUT2D eigenvalue weighted by atomic mass is 32.2. The summed E-state index contributed by atoms with van der Waals surface area (Å²) in [7, 11) is -3.91. The Labute approximate surface area is 313 Å². The molecular weight excluding hydrogens is 722 g/mol. The molecule has 292 valence electrons. The van der Waals surface area contributed by atoms with Crippen molar-refractivity contribution in [3.63, 3.8) is 0 Å². The van der Waals surface area contributed by atoms with Crippen molar-refractivity contribution in [2.45, 2.75) is 132 Å². The summed E-state index contributed by atoms with van der Waals surface area (Å²) in [6.07, 6.45) is 8.93. The number of nitrogens with one attached hydrogen (secondary N) is 3. The van der Waals surface area contributed by atoms with Crippen LogP contribution in [0, 0.1) is 5.92 Å². The second-order valence-corrected chi connectivity index (χ2v) is 17.6. The fourth-order valence-corrected chi connectivity index (χ4v) is 9.68. The number of nitrogens with zero attached hydrogens (tertiary/aromatic N) is 2. The number of amides is 5. The maximum absolute atomic E-state index is 14.4. The first-order chi connectivity index (χ1) is 26.0. The van der Waals surface area contributed by atoms with Gasteiger partial charge in [0.25, 0.3) is 5.91 Å². The lowest BCUT2D eigenvalue weighted by Crippen LogP contribution is -2.58. The third kappa shape index (κ3) is 7.55. The highest BCUT2D eigenvalue weighted by Gasteiger charge is 2.62. The van der Waals surface area contributed by atoms with Gasteiger partial charge in [0, 0.05) is 25.4 Å². The lowest BCUT2D eigenvalue weighted by atomic mass is 10.0. The van der Waals surface area contributed by atoms with Crippen molar-refractivity contribution < 1.29 is 51.3 Å². The number of carbonyl (C=O) groups excluding carboxylic acids is 5. The molecule has 8 rings (SSSR count). The fourth-order valence-electron chi connectivity index (χ4n) is 8.32. The molecule has 0 bridgehead atoms. The smallest absolute Gasteiger partial charge is 0.410 e. The number of sulfonamides is 1. The largest absolute Gasteiger partial charge is 0.454 e. The summed E-state index contributed by atoms with van der Waals surface area (Å²) in [6, 6.07) is 1.48. The van der Waals surface area contributed by atoms with E-state index in [-0.39, 0.29) is 45.4 Å². The molecule has 3 saturated carbocycles. The summed E-state index contributed by atoms with van der Waals surface area (Å²) in [4.78, 5) is 71.8. The molecule has 16 nitrogen and oxygen atoms in total. The third-order valence-corrected chi connectivity index (χ3v) is 13.5. The molecule has 0 radical (unpaired) electrons. The molecule has 1 aromatic carbocycles. The van der Waals surface area contributed by atoms with Gasteiger partial charge in [0.2, 0.25) is 28.6 Å². The van der Waals surface area contributed by atoms with Crippen LogP contribution in [-0.4, -0.2) is 96.5 Å². The van der Waals surface area contributed by atoms with Crippen LogP contribution in [0.25, 0.3) is 0 Å². The van der Waals surface area contributed by atoms with Gasteiger partial charge in [-0.05, 0) is 87.5 Å². The number of hydrogen-bond acceptors (Lipinski definition) is 11. The standard InChI is InChI=1S/C37H47N5O11S/c43-32-29-16-26(53-36(47)41-18-22-14-30-31(51-21-50-30)15-23(22)19-41)20-42(29)33(44)28(38-35(46)52-25-9-6-7-10-25)11-5-3-1-2-4-8-24-17-37(24,39-32)34(45)40-54(48,49)27-12-13-27/h4,8,14-15,24-29H,1-3,5-7,9-13,16-21H2,(H,38,46)(H,39,43)(H,40,45)/b8-4-/t24-,26-,28+,29+,37-/m1/s1. The summed E-state index contributed by atoms with van der Waals surface area (Å²) in [5, 5.41) is 4.95. The Morgan fingerprint density at radius 3 is 2.30 bits per heavy atom. The van der Waals surface area contributed by atoms with Crippen molar-refractivity contribution in [3.05, 3.63) is 35.4 Å². The molecule has 5 atom stereocenters. The number of ether oxygens (including phenoxy) is 4. The van der Waals surface area contributed by atoms with Crippen LogP contribution in [0.3, 0.4) is 0 Å². The van der Waals surface area contributed by atoms with E-state index in [1.807, 2.05) is 24.3 Å². The van der Waals surface area contributed by atoms with Crippen molar-refractivity contribution in [1.82, 2.24) is 25.2 Å². The monoisotopic (exact) mass is 769 g/mol. The maximum Gasteiger partial charge on any atom is 0.410 e.